The Labute approximate surface area is 116 Å². The summed E-state index contributed by atoms with van der Waals surface area (Å²) in [6.07, 6.45) is 2.01. The highest BCUT2D eigenvalue weighted by Gasteiger charge is 2.24. The van der Waals surface area contributed by atoms with Gasteiger partial charge in [-0.2, -0.15) is 0 Å². The van der Waals surface area contributed by atoms with Crippen LogP contribution in [0, 0.1) is 11.7 Å². The largest absolute Gasteiger partial charge is 0.314 e. The van der Waals surface area contributed by atoms with Gasteiger partial charge in [-0.25, -0.2) is 4.39 Å². The van der Waals surface area contributed by atoms with E-state index in [9.17, 15) is 4.39 Å². The molecule has 0 saturated carbocycles. The number of nitrogens with one attached hydrogen (secondary N) is 1. The maximum absolute atomic E-state index is 13.6. The number of halogens is 1. The molecule has 1 aliphatic rings. The number of hydrogen-bond acceptors (Lipinski definition) is 2. The lowest BCUT2D eigenvalue weighted by Crippen LogP contribution is -2.48. The van der Waals surface area contributed by atoms with Crippen LogP contribution in [0.5, 0.6) is 0 Å². The van der Waals surface area contributed by atoms with Crippen LogP contribution in [0.1, 0.15) is 25.8 Å². The third-order valence-electron chi connectivity index (χ3n) is 4.11. The molecule has 3 heteroatoms. The van der Waals surface area contributed by atoms with Crippen molar-refractivity contribution in [3.8, 4) is 0 Å². The third kappa shape index (κ3) is 4.02. The van der Waals surface area contributed by atoms with Gasteiger partial charge in [-0.05, 0) is 43.5 Å². The molecule has 1 heterocycles. The van der Waals surface area contributed by atoms with Gasteiger partial charge >= 0.3 is 0 Å². The minimum Gasteiger partial charge on any atom is -0.314 e. The summed E-state index contributed by atoms with van der Waals surface area (Å²) < 4.78 is 13.6. The van der Waals surface area contributed by atoms with Crippen molar-refractivity contribution in [3.63, 3.8) is 0 Å². The fourth-order valence-corrected chi connectivity index (χ4v) is 2.98. The summed E-state index contributed by atoms with van der Waals surface area (Å²) in [5.41, 5.74) is 0.837. The van der Waals surface area contributed by atoms with Gasteiger partial charge in [0.1, 0.15) is 5.82 Å². The van der Waals surface area contributed by atoms with E-state index in [1.807, 2.05) is 12.1 Å². The van der Waals surface area contributed by atoms with E-state index in [1.54, 1.807) is 12.1 Å². The fourth-order valence-electron chi connectivity index (χ4n) is 2.98. The zero-order valence-electron chi connectivity index (χ0n) is 12.0. The van der Waals surface area contributed by atoms with Crippen molar-refractivity contribution >= 4 is 0 Å². The summed E-state index contributed by atoms with van der Waals surface area (Å²) in [4.78, 5) is 2.46. The van der Waals surface area contributed by atoms with E-state index < -0.39 is 0 Å². The predicted molar refractivity (Wildman–Crippen MR) is 77.8 cm³/mol. The van der Waals surface area contributed by atoms with Crippen molar-refractivity contribution in [3.05, 3.63) is 35.6 Å². The summed E-state index contributed by atoms with van der Waals surface area (Å²) in [6, 6.07) is 7.76. The van der Waals surface area contributed by atoms with Gasteiger partial charge in [0, 0.05) is 19.1 Å². The van der Waals surface area contributed by atoms with Crippen LogP contribution in [0.4, 0.5) is 4.39 Å². The Hall–Kier alpha value is -0.930. The summed E-state index contributed by atoms with van der Waals surface area (Å²) in [7, 11) is 0. The monoisotopic (exact) mass is 264 g/mol. The Balaban J connectivity index is 1.81. The van der Waals surface area contributed by atoms with E-state index in [0.717, 1.165) is 38.2 Å². The molecular formula is C16H25FN2. The molecule has 106 valence electrons. The van der Waals surface area contributed by atoms with Gasteiger partial charge < -0.3 is 10.2 Å². The van der Waals surface area contributed by atoms with Crippen molar-refractivity contribution < 1.29 is 4.39 Å². The van der Waals surface area contributed by atoms with E-state index in [0.29, 0.717) is 12.0 Å². The molecule has 19 heavy (non-hydrogen) atoms. The van der Waals surface area contributed by atoms with Gasteiger partial charge in [-0.3, -0.25) is 0 Å². The second-order valence-corrected chi connectivity index (χ2v) is 5.57. The summed E-state index contributed by atoms with van der Waals surface area (Å²) >= 11 is 0. The molecule has 0 bridgehead atoms. The lowest BCUT2D eigenvalue weighted by Gasteiger charge is -2.37. The van der Waals surface area contributed by atoms with E-state index in [1.165, 1.54) is 6.42 Å². The standard InChI is InChI=1S/C16H25FN2/c1-3-18-16-9-11-19(12-13(16)2)10-8-14-6-4-5-7-15(14)17/h4-7,13,16,18H,3,8-12H2,1-2H3. The molecule has 1 aromatic rings. The Morgan fingerprint density at radius 2 is 2.16 bits per heavy atom. The molecule has 1 N–H and O–H groups in total. The number of hydrogen-bond donors (Lipinski definition) is 1. The number of rotatable bonds is 5. The van der Waals surface area contributed by atoms with Gasteiger partial charge in [-0.1, -0.05) is 32.0 Å². The third-order valence-corrected chi connectivity index (χ3v) is 4.11. The number of likely N-dealkylation sites (tertiary alicyclic amines) is 1. The minimum atomic E-state index is -0.0712. The quantitative estimate of drug-likeness (QED) is 0.879. The average molecular weight is 264 g/mol. The van der Waals surface area contributed by atoms with Crippen LogP contribution in [0.3, 0.4) is 0 Å². The van der Waals surface area contributed by atoms with E-state index in [2.05, 4.69) is 24.1 Å². The lowest BCUT2D eigenvalue weighted by atomic mass is 9.93. The number of benzene rings is 1. The maximum Gasteiger partial charge on any atom is 0.126 e. The van der Waals surface area contributed by atoms with Crippen molar-refractivity contribution in [1.29, 1.82) is 0 Å². The molecule has 0 aliphatic carbocycles. The van der Waals surface area contributed by atoms with Crippen LogP contribution in [0.2, 0.25) is 0 Å². The molecular weight excluding hydrogens is 239 g/mol. The normalized spacial score (nSPS) is 24.6. The lowest BCUT2D eigenvalue weighted by molar-refractivity contribution is 0.149. The first kappa shape index (κ1) is 14.5. The SMILES string of the molecule is CCNC1CCN(CCc2ccccc2F)CC1C. The molecule has 2 atom stereocenters. The number of nitrogens with zero attached hydrogens (tertiary/aromatic N) is 1. The van der Waals surface area contributed by atoms with Crippen LogP contribution in [-0.2, 0) is 6.42 Å². The average Bonchev–Trinajstić information content (AvgIpc) is 2.41. The van der Waals surface area contributed by atoms with E-state index >= 15 is 0 Å². The first-order valence-electron chi connectivity index (χ1n) is 7.40. The second kappa shape index (κ2) is 7.01. The van der Waals surface area contributed by atoms with Crippen molar-refractivity contribution in [2.75, 3.05) is 26.2 Å². The van der Waals surface area contributed by atoms with E-state index in [4.69, 9.17) is 0 Å². The van der Waals surface area contributed by atoms with Crippen LogP contribution >= 0.6 is 0 Å². The topological polar surface area (TPSA) is 15.3 Å². The second-order valence-electron chi connectivity index (χ2n) is 5.57. The van der Waals surface area contributed by atoms with Gasteiger partial charge in [0.2, 0.25) is 0 Å². The molecule has 1 fully saturated rings. The van der Waals surface area contributed by atoms with Crippen LogP contribution in [0.15, 0.2) is 24.3 Å². The maximum atomic E-state index is 13.6. The van der Waals surface area contributed by atoms with Gasteiger partial charge in [0.15, 0.2) is 0 Å². The van der Waals surface area contributed by atoms with Crippen molar-refractivity contribution in [2.45, 2.75) is 32.7 Å². The zero-order valence-corrected chi connectivity index (χ0v) is 12.0. The molecule has 2 rings (SSSR count). The molecule has 1 aliphatic heterocycles. The Kier molecular flexibility index (Phi) is 5.34. The summed E-state index contributed by atoms with van der Waals surface area (Å²) in [5.74, 6) is 0.604. The van der Waals surface area contributed by atoms with Crippen LogP contribution < -0.4 is 5.32 Å². The molecule has 2 unspecified atom stereocenters. The molecule has 2 nitrogen and oxygen atoms in total. The molecule has 1 saturated heterocycles. The summed E-state index contributed by atoms with van der Waals surface area (Å²) in [6.45, 7) is 8.72. The Morgan fingerprint density at radius 1 is 1.37 bits per heavy atom. The highest BCUT2D eigenvalue weighted by atomic mass is 19.1. The minimum absolute atomic E-state index is 0.0712. The van der Waals surface area contributed by atoms with E-state index in [-0.39, 0.29) is 5.82 Å². The molecule has 0 aromatic heterocycles. The van der Waals surface area contributed by atoms with Crippen molar-refractivity contribution in [2.24, 2.45) is 5.92 Å². The smallest absolute Gasteiger partial charge is 0.126 e. The first-order valence-corrected chi connectivity index (χ1v) is 7.40. The predicted octanol–water partition coefficient (Wildman–Crippen LogP) is 2.69. The molecule has 1 aromatic carbocycles. The molecule has 0 amide bonds. The first-order chi connectivity index (χ1) is 9.20. The summed E-state index contributed by atoms with van der Waals surface area (Å²) in [5, 5.41) is 3.55. The Bertz CT molecular complexity index is 394. The fraction of sp³-hybridized carbons (Fsp3) is 0.625. The highest BCUT2D eigenvalue weighted by Crippen LogP contribution is 2.17. The van der Waals surface area contributed by atoms with Gasteiger partial charge in [-0.15, -0.1) is 0 Å². The van der Waals surface area contributed by atoms with Gasteiger partial charge in [0.05, 0.1) is 0 Å². The molecule has 0 radical (unpaired) electrons. The zero-order chi connectivity index (χ0) is 13.7. The molecule has 0 spiro atoms. The number of piperidine rings is 1. The highest BCUT2D eigenvalue weighted by molar-refractivity contribution is 5.17. The van der Waals surface area contributed by atoms with Crippen LogP contribution in [0.25, 0.3) is 0 Å². The van der Waals surface area contributed by atoms with Crippen LogP contribution in [-0.4, -0.2) is 37.1 Å². The Morgan fingerprint density at radius 3 is 2.84 bits per heavy atom. The van der Waals surface area contributed by atoms with Crippen molar-refractivity contribution in [1.82, 2.24) is 10.2 Å². The van der Waals surface area contributed by atoms with Gasteiger partial charge in [0.25, 0.3) is 0 Å².